The Bertz CT molecular complexity index is 480. The molecule has 0 bridgehead atoms. The first-order valence-corrected chi connectivity index (χ1v) is 7.62. The highest BCUT2D eigenvalue weighted by atomic mass is 16.5. The quantitative estimate of drug-likeness (QED) is 0.874. The lowest BCUT2D eigenvalue weighted by molar-refractivity contribution is 0.115. The van der Waals surface area contributed by atoms with E-state index in [-0.39, 0.29) is 0 Å². The second kappa shape index (κ2) is 3.99. The van der Waals surface area contributed by atoms with Crippen LogP contribution in [0.1, 0.15) is 44.1 Å². The summed E-state index contributed by atoms with van der Waals surface area (Å²) in [5, 5.41) is 3.76. The molecule has 3 aliphatic rings. The maximum Gasteiger partial charge on any atom is 0.119 e. The van der Waals surface area contributed by atoms with Crippen molar-refractivity contribution in [1.82, 2.24) is 5.32 Å². The maximum atomic E-state index is 5.40. The number of benzene rings is 1. The molecule has 0 saturated heterocycles. The van der Waals surface area contributed by atoms with Crippen molar-refractivity contribution in [3.63, 3.8) is 0 Å². The summed E-state index contributed by atoms with van der Waals surface area (Å²) in [5.74, 6) is 1.00. The van der Waals surface area contributed by atoms with Gasteiger partial charge in [0.05, 0.1) is 7.11 Å². The summed E-state index contributed by atoms with van der Waals surface area (Å²) >= 11 is 0. The average molecular weight is 257 g/mol. The van der Waals surface area contributed by atoms with Crippen LogP contribution in [-0.4, -0.2) is 19.7 Å². The molecule has 102 valence electrons. The van der Waals surface area contributed by atoms with Crippen LogP contribution in [0.25, 0.3) is 0 Å². The Morgan fingerprint density at radius 3 is 2.68 bits per heavy atom. The molecule has 0 atom stereocenters. The second-order valence-electron chi connectivity index (χ2n) is 7.02. The van der Waals surface area contributed by atoms with Crippen LogP contribution in [0.2, 0.25) is 0 Å². The number of hydrogen-bond acceptors (Lipinski definition) is 2. The number of methoxy groups -OCH3 is 1. The van der Waals surface area contributed by atoms with Gasteiger partial charge in [0.1, 0.15) is 5.75 Å². The number of hydrogen-bond donors (Lipinski definition) is 1. The van der Waals surface area contributed by atoms with Crippen LogP contribution in [0.4, 0.5) is 0 Å². The summed E-state index contributed by atoms with van der Waals surface area (Å²) in [6.07, 6.45) is 8.43. The van der Waals surface area contributed by atoms with Gasteiger partial charge < -0.3 is 10.1 Å². The van der Waals surface area contributed by atoms with E-state index in [1.165, 1.54) is 44.1 Å². The topological polar surface area (TPSA) is 21.3 Å². The number of rotatable bonds is 5. The van der Waals surface area contributed by atoms with Gasteiger partial charge in [-0.1, -0.05) is 12.1 Å². The monoisotopic (exact) mass is 257 g/mol. The van der Waals surface area contributed by atoms with Crippen LogP contribution in [0.3, 0.4) is 0 Å². The van der Waals surface area contributed by atoms with Gasteiger partial charge in [0, 0.05) is 18.0 Å². The highest BCUT2D eigenvalue weighted by Crippen LogP contribution is 2.68. The first kappa shape index (κ1) is 11.8. The van der Waals surface area contributed by atoms with E-state index in [9.17, 15) is 0 Å². The molecule has 1 N–H and O–H groups in total. The fourth-order valence-corrected chi connectivity index (χ4v) is 3.93. The van der Waals surface area contributed by atoms with E-state index in [2.05, 4.69) is 29.6 Å². The van der Waals surface area contributed by atoms with E-state index in [0.29, 0.717) is 5.41 Å². The minimum atomic E-state index is 0.383. The van der Waals surface area contributed by atoms with Gasteiger partial charge in [-0.2, -0.15) is 0 Å². The zero-order chi connectivity index (χ0) is 12.9. The Morgan fingerprint density at radius 1 is 1.26 bits per heavy atom. The van der Waals surface area contributed by atoms with Crippen LogP contribution in [-0.2, 0) is 5.41 Å². The fraction of sp³-hybridized carbons (Fsp3) is 0.647. The predicted octanol–water partition coefficient (Wildman–Crippen LogP) is 3.26. The molecular formula is C17H23NO. The molecule has 3 fully saturated rings. The third-order valence-electron chi connectivity index (χ3n) is 5.37. The Hall–Kier alpha value is -1.02. The second-order valence-corrected chi connectivity index (χ2v) is 7.02. The van der Waals surface area contributed by atoms with Gasteiger partial charge in [-0.25, -0.2) is 0 Å². The molecule has 2 nitrogen and oxygen atoms in total. The fourth-order valence-electron chi connectivity index (χ4n) is 3.93. The molecule has 4 rings (SSSR count). The van der Waals surface area contributed by atoms with Crippen molar-refractivity contribution in [1.29, 1.82) is 0 Å². The molecule has 0 amide bonds. The molecular weight excluding hydrogens is 234 g/mol. The Labute approximate surface area is 115 Å². The van der Waals surface area contributed by atoms with E-state index in [1.54, 1.807) is 7.11 Å². The van der Waals surface area contributed by atoms with Gasteiger partial charge in [0.15, 0.2) is 0 Å². The average Bonchev–Trinajstić information content (AvgIpc) is 3.28. The molecule has 0 aromatic heterocycles. The van der Waals surface area contributed by atoms with E-state index < -0.39 is 0 Å². The SMILES string of the molecule is COc1cccc(C2(CNC3CC3)CC3(CC3)C2)c1. The highest BCUT2D eigenvalue weighted by Gasteiger charge is 2.61. The molecule has 1 spiro atoms. The summed E-state index contributed by atoms with van der Waals surface area (Å²) in [5.41, 5.74) is 2.60. The summed E-state index contributed by atoms with van der Waals surface area (Å²) in [4.78, 5) is 0. The Morgan fingerprint density at radius 2 is 2.05 bits per heavy atom. The third kappa shape index (κ3) is 2.06. The van der Waals surface area contributed by atoms with Gasteiger partial charge in [-0.15, -0.1) is 0 Å². The molecule has 0 aliphatic heterocycles. The van der Waals surface area contributed by atoms with E-state index >= 15 is 0 Å². The molecule has 1 aromatic carbocycles. The summed E-state index contributed by atoms with van der Waals surface area (Å²) < 4.78 is 5.40. The van der Waals surface area contributed by atoms with Crippen molar-refractivity contribution in [2.24, 2.45) is 5.41 Å². The van der Waals surface area contributed by atoms with Gasteiger partial charge in [-0.05, 0) is 61.6 Å². The normalized spacial score (nSPS) is 25.9. The first-order valence-electron chi connectivity index (χ1n) is 7.62. The predicted molar refractivity (Wildman–Crippen MR) is 76.6 cm³/mol. The van der Waals surface area contributed by atoms with Crippen molar-refractivity contribution in [3.8, 4) is 5.75 Å². The van der Waals surface area contributed by atoms with Crippen LogP contribution < -0.4 is 10.1 Å². The van der Waals surface area contributed by atoms with Crippen LogP contribution in [0, 0.1) is 5.41 Å². The molecule has 0 unspecified atom stereocenters. The van der Waals surface area contributed by atoms with Gasteiger partial charge >= 0.3 is 0 Å². The third-order valence-corrected chi connectivity index (χ3v) is 5.37. The van der Waals surface area contributed by atoms with Crippen LogP contribution >= 0.6 is 0 Å². The van der Waals surface area contributed by atoms with E-state index in [1.807, 2.05) is 0 Å². The maximum absolute atomic E-state index is 5.40. The lowest BCUT2D eigenvalue weighted by atomic mass is 9.56. The number of ether oxygens (including phenoxy) is 1. The van der Waals surface area contributed by atoms with Gasteiger partial charge in [-0.3, -0.25) is 0 Å². The van der Waals surface area contributed by atoms with Gasteiger partial charge in [0.25, 0.3) is 0 Å². The molecule has 0 heterocycles. The van der Waals surface area contributed by atoms with Crippen molar-refractivity contribution in [2.45, 2.75) is 50.0 Å². The molecule has 3 saturated carbocycles. The van der Waals surface area contributed by atoms with Crippen molar-refractivity contribution >= 4 is 0 Å². The zero-order valence-electron chi connectivity index (χ0n) is 11.7. The minimum Gasteiger partial charge on any atom is -0.497 e. The Balaban J connectivity index is 1.57. The van der Waals surface area contributed by atoms with Gasteiger partial charge in [0.2, 0.25) is 0 Å². The molecule has 1 aromatic rings. The van der Waals surface area contributed by atoms with Crippen LogP contribution in [0.5, 0.6) is 5.75 Å². The largest absolute Gasteiger partial charge is 0.497 e. The summed E-state index contributed by atoms with van der Waals surface area (Å²) in [6.45, 7) is 1.16. The summed E-state index contributed by atoms with van der Waals surface area (Å²) in [6, 6.07) is 9.55. The smallest absolute Gasteiger partial charge is 0.119 e. The molecule has 19 heavy (non-hydrogen) atoms. The molecule has 2 heteroatoms. The molecule has 0 radical (unpaired) electrons. The van der Waals surface area contributed by atoms with Crippen LogP contribution in [0.15, 0.2) is 24.3 Å². The number of nitrogens with one attached hydrogen (secondary N) is 1. The van der Waals surface area contributed by atoms with Crippen molar-refractivity contribution in [3.05, 3.63) is 29.8 Å². The highest BCUT2D eigenvalue weighted by molar-refractivity contribution is 5.38. The first-order chi connectivity index (χ1) is 9.24. The lowest BCUT2D eigenvalue weighted by Gasteiger charge is -2.49. The van der Waals surface area contributed by atoms with E-state index in [0.717, 1.165) is 23.8 Å². The molecule has 3 aliphatic carbocycles. The van der Waals surface area contributed by atoms with Crippen molar-refractivity contribution < 1.29 is 4.74 Å². The minimum absolute atomic E-state index is 0.383. The standard InChI is InChI=1S/C17H23NO/c1-19-15-4-2-3-13(9-15)17(12-18-14-5-6-14)10-16(11-17)7-8-16/h2-4,9,14,18H,5-8,10-12H2,1H3. The Kier molecular flexibility index (Phi) is 2.47. The van der Waals surface area contributed by atoms with E-state index in [4.69, 9.17) is 4.74 Å². The zero-order valence-corrected chi connectivity index (χ0v) is 11.7. The summed E-state index contributed by atoms with van der Waals surface area (Å²) in [7, 11) is 1.76. The van der Waals surface area contributed by atoms with Crippen molar-refractivity contribution in [2.75, 3.05) is 13.7 Å². The lowest BCUT2D eigenvalue weighted by Crippen LogP contribution is -2.50.